The molecule has 0 atom stereocenters. The number of rotatable bonds is 8. The van der Waals surface area contributed by atoms with Gasteiger partial charge in [0.2, 0.25) is 0 Å². The Hall–Kier alpha value is -7.42. The van der Waals surface area contributed by atoms with Gasteiger partial charge in [-0.2, -0.15) is 0 Å². The molecular formula is C54H38N2. The van der Waals surface area contributed by atoms with Crippen LogP contribution in [0.1, 0.15) is 0 Å². The molecule has 0 aliphatic heterocycles. The van der Waals surface area contributed by atoms with Crippen LogP contribution in [0.25, 0.3) is 72.0 Å². The zero-order valence-corrected chi connectivity index (χ0v) is 30.8. The third-order valence-electron chi connectivity index (χ3n) is 10.8. The van der Waals surface area contributed by atoms with Crippen LogP contribution >= 0.6 is 0 Å². The van der Waals surface area contributed by atoms with Gasteiger partial charge >= 0.3 is 0 Å². The number of fused-ring (bicyclic) bond motifs is 3. The highest BCUT2D eigenvalue weighted by atomic mass is 15.1. The fourth-order valence-corrected chi connectivity index (χ4v) is 8.01. The standard InChI is InChI=1S/C54H38N2/c1-5-14-39(15-6-1)41-24-30-49(31-25-41)55(47-20-9-3-10-21-47)50-32-26-42(27-33-50)43-18-13-19-44(36-43)46-29-35-54-52(38-46)51-37-45(40-16-7-2-8-17-40)28-34-53(51)56(54)48-22-11-4-12-23-48/h1-38H. The zero-order chi connectivity index (χ0) is 37.3. The van der Waals surface area contributed by atoms with E-state index >= 15 is 0 Å². The van der Waals surface area contributed by atoms with Crippen molar-refractivity contribution in [2.75, 3.05) is 4.90 Å². The van der Waals surface area contributed by atoms with Gasteiger partial charge in [-0.05, 0) is 123 Å². The number of benzene rings is 9. The van der Waals surface area contributed by atoms with E-state index in [9.17, 15) is 0 Å². The Bertz CT molecular complexity index is 2910. The molecule has 9 aromatic carbocycles. The van der Waals surface area contributed by atoms with Crippen molar-refractivity contribution in [2.24, 2.45) is 0 Å². The second-order valence-electron chi connectivity index (χ2n) is 14.2. The third kappa shape index (κ3) is 6.24. The van der Waals surface area contributed by atoms with Gasteiger partial charge in [-0.1, -0.05) is 152 Å². The lowest BCUT2D eigenvalue weighted by Gasteiger charge is -2.26. The molecule has 2 nitrogen and oxygen atoms in total. The minimum absolute atomic E-state index is 1.11. The minimum Gasteiger partial charge on any atom is -0.311 e. The van der Waals surface area contributed by atoms with E-state index in [1.807, 2.05) is 0 Å². The summed E-state index contributed by atoms with van der Waals surface area (Å²) in [7, 11) is 0. The molecule has 0 unspecified atom stereocenters. The van der Waals surface area contributed by atoms with E-state index in [4.69, 9.17) is 0 Å². The van der Waals surface area contributed by atoms with E-state index in [1.54, 1.807) is 0 Å². The van der Waals surface area contributed by atoms with Crippen LogP contribution in [0, 0.1) is 0 Å². The zero-order valence-electron chi connectivity index (χ0n) is 30.8. The van der Waals surface area contributed by atoms with Crippen molar-refractivity contribution < 1.29 is 0 Å². The van der Waals surface area contributed by atoms with Crippen LogP contribution in [0.3, 0.4) is 0 Å². The molecule has 0 fully saturated rings. The molecule has 0 saturated carbocycles. The van der Waals surface area contributed by atoms with Gasteiger partial charge < -0.3 is 9.47 Å². The lowest BCUT2D eigenvalue weighted by atomic mass is 9.97. The number of hydrogen-bond acceptors (Lipinski definition) is 1. The van der Waals surface area contributed by atoms with Gasteiger partial charge in [-0.3, -0.25) is 0 Å². The van der Waals surface area contributed by atoms with Gasteiger partial charge in [0.1, 0.15) is 0 Å². The van der Waals surface area contributed by atoms with Crippen LogP contribution in [0.2, 0.25) is 0 Å². The predicted octanol–water partition coefficient (Wildman–Crippen LogP) is 14.9. The number of aromatic nitrogens is 1. The summed E-state index contributed by atoms with van der Waals surface area (Å²) in [6, 6.07) is 83.0. The Labute approximate surface area is 327 Å². The molecule has 2 heteroatoms. The summed E-state index contributed by atoms with van der Waals surface area (Å²) in [4.78, 5) is 2.32. The molecule has 0 spiro atoms. The molecule has 0 saturated heterocycles. The van der Waals surface area contributed by atoms with Crippen LogP contribution in [-0.2, 0) is 0 Å². The summed E-state index contributed by atoms with van der Waals surface area (Å²) < 4.78 is 2.39. The molecule has 56 heavy (non-hydrogen) atoms. The molecular weight excluding hydrogens is 677 g/mol. The van der Waals surface area contributed by atoms with Crippen LogP contribution in [-0.4, -0.2) is 4.57 Å². The van der Waals surface area contributed by atoms with Gasteiger partial charge in [-0.15, -0.1) is 0 Å². The summed E-state index contributed by atoms with van der Waals surface area (Å²) in [5.41, 5.74) is 16.5. The van der Waals surface area contributed by atoms with Crippen molar-refractivity contribution in [3.63, 3.8) is 0 Å². The normalized spacial score (nSPS) is 11.2. The molecule has 1 aromatic heterocycles. The highest BCUT2D eigenvalue weighted by molar-refractivity contribution is 6.11. The maximum atomic E-state index is 2.39. The molecule has 0 aliphatic carbocycles. The summed E-state index contributed by atoms with van der Waals surface area (Å²) in [5.74, 6) is 0. The number of para-hydroxylation sites is 2. The number of nitrogens with zero attached hydrogens (tertiary/aromatic N) is 2. The first-order chi connectivity index (χ1) is 27.8. The lowest BCUT2D eigenvalue weighted by molar-refractivity contribution is 1.18. The topological polar surface area (TPSA) is 8.17 Å². The monoisotopic (exact) mass is 714 g/mol. The first-order valence-corrected chi connectivity index (χ1v) is 19.2. The van der Waals surface area contributed by atoms with E-state index in [0.29, 0.717) is 0 Å². The van der Waals surface area contributed by atoms with Crippen molar-refractivity contribution in [1.82, 2.24) is 4.57 Å². The molecule has 0 radical (unpaired) electrons. The smallest absolute Gasteiger partial charge is 0.0541 e. The Kier molecular flexibility index (Phi) is 8.55. The molecule has 10 rings (SSSR count). The van der Waals surface area contributed by atoms with E-state index in [-0.39, 0.29) is 0 Å². The van der Waals surface area contributed by atoms with Crippen molar-refractivity contribution in [3.05, 3.63) is 231 Å². The lowest BCUT2D eigenvalue weighted by Crippen LogP contribution is -2.09. The second-order valence-corrected chi connectivity index (χ2v) is 14.2. The highest BCUT2D eigenvalue weighted by Crippen LogP contribution is 2.39. The molecule has 1 heterocycles. The van der Waals surface area contributed by atoms with Crippen molar-refractivity contribution >= 4 is 38.9 Å². The second kappa shape index (κ2) is 14.4. The van der Waals surface area contributed by atoms with E-state index < -0.39 is 0 Å². The first kappa shape index (κ1) is 33.2. The molecule has 264 valence electrons. The van der Waals surface area contributed by atoms with Crippen molar-refractivity contribution in [1.29, 1.82) is 0 Å². The highest BCUT2D eigenvalue weighted by Gasteiger charge is 2.16. The van der Waals surface area contributed by atoms with Gasteiger partial charge in [-0.25, -0.2) is 0 Å². The molecule has 0 N–H and O–H groups in total. The van der Waals surface area contributed by atoms with Crippen LogP contribution < -0.4 is 4.90 Å². The maximum absolute atomic E-state index is 2.39. The molecule has 10 aromatic rings. The third-order valence-corrected chi connectivity index (χ3v) is 10.8. The summed E-state index contributed by atoms with van der Waals surface area (Å²) in [6.45, 7) is 0. The van der Waals surface area contributed by atoms with Crippen LogP contribution in [0.5, 0.6) is 0 Å². The Morgan fingerprint density at radius 1 is 0.250 bits per heavy atom. The Morgan fingerprint density at radius 2 is 0.589 bits per heavy atom. The van der Waals surface area contributed by atoms with Crippen molar-refractivity contribution in [3.8, 4) is 50.2 Å². The average molecular weight is 715 g/mol. The van der Waals surface area contributed by atoms with Crippen LogP contribution in [0.15, 0.2) is 231 Å². The van der Waals surface area contributed by atoms with E-state index in [1.165, 1.54) is 66.3 Å². The van der Waals surface area contributed by atoms with Gasteiger partial charge in [0.25, 0.3) is 0 Å². The van der Waals surface area contributed by atoms with Gasteiger partial charge in [0, 0.05) is 33.5 Å². The molecule has 0 bridgehead atoms. The first-order valence-electron chi connectivity index (χ1n) is 19.2. The number of anilines is 3. The summed E-state index contributed by atoms with van der Waals surface area (Å²) >= 11 is 0. The van der Waals surface area contributed by atoms with E-state index in [2.05, 4.69) is 240 Å². The maximum Gasteiger partial charge on any atom is 0.0541 e. The largest absolute Gasteiger partial charge is 0.311 e. The molecule has 0 amide bonds. The quantitative estimate of drug-likeness (QED) is 0.152. The molecule has 0 aliphatic rings. The summed E-state index contributed by atoms with van der Waals surface area (Å²) in [5, 5.41) is 2.49. The predicted molar refractivity (Wildman–Crippen MR) is 237 cm³/mol. The SMILES string of the molecule is c1ccc(-c2ccc(N(c3ccccc3)c3ccc(-c4cccc(-c5ccc6c(c5)c5cc(-c7ccccc7)ccc5n6-c5ccccc5)c4)cc3)cc2)cc1. The van der Waals surface area contributed by atoms with Crippen LogP contribution in [0.4, 0.5) is 17.1 Å². The number of hydrogen-bond donors (Lipinski definition) is 0. The summed E-state index contributed by atoms with van der Waals surface area (Å²) in [6.07, 6.45) is 0. The van der Waals surface area contributed by atoms with Gasteiger partial charge in [0.05, 0.1) is 11.0 Å². The minimum atomic E-state index is 1.11. The van der Waals surface area contributed by atoms with E-state index in [0.717, 1.165) is 22.7 Å². The average Bonchev–Trinajstić information content (AvgIpc) is 3.61. The Balaban J connectivity index is 1.01. The Morgan fingerprint density at radius 3 is 1.12 bits per heavy atom. The fourth-order valence-electron chi connectivity index (χ4n) is 8.01. The fraction of sp³-hybridized carbons (Fsp3) is 0. The van der Waals surface area contributed by atoms with Gasteiger partial charge in [0.15, 0.2) is 0 Å². The van der Waals surface area contributed by atoms with Crippen molar-refractivity contribution in [2.45, 2.75) is 0 Å².